The Morgan fingerprint density at radius 1 is 1.27 bits per heavy atom. The van der Waals surface area contributed by atoms with Gasteiger partial charge in [0.2, 0.25) is 0 Å². The highest BCUT2D eigenvalue weighted by Gasteiger charge is 2.26. The standard InChI is InChI=1S/C11H25NO3/c1-3-11(15,9-10(14)12-2)7-5-4-6-8-13/h10,12-15H,3-9H2,1-2H3. The van der Waals surface area contributed by atoms with Gasteiger partial charge in [-0.15, -0.1) is 0 Å². The van der Waals surface area contributed by atoms with E-state index in [9.17, 15) is 10.2 Å². The van der Waals surface area contributed by atoms with Crippen LogP contribution in [-0.4, -0.2) is 40.8 Å². The lowest BCUT2D eigenvalue weighted by Crippen LogP contribution is -2.38. The number of aliphatic hydroxyl groups excluding tert-OH is 2. The van der Waals surface area contributed by atoms with Crippen LogP contribution in [0.4, 0.5) is 0 Å². The van der Waals surface area contributed by atoms with Gasteiger partial charge in [0, 0.05) is 13.0 Å². The Kier molecular flexibility index (Phi) is 7.96. The molecule has 0 aliphatic heterocycles. The number of hydrogen-bond donors (Lipinski definition) is 4. The lowest BCUT2D eigenvalue weighted by molar-refractivity contribution is -0.0288. The summed E-state index contributed by atoms with van der Waals surface area (Å²) in [7, 11) is 1.67. The van der Waals surface area contributed by atoms with E-state index in [4.69, 9.17) is 5.11 Å². The molecular weight excluding hydrogens is 194 g/mol. The van der Waals surface area contributed by atoms with Gasteiger partial charge in [0.15, 0.2) is 0 Å². The molecule has 0 aromatic carbocycles. The lowest BCUT2D eigenvalue weighted by Gasteiger charge is -2.29. The number of rotatable bonds is 9. The fraction of sp³-hybridized carbons (Fsp3) is 1.00. The normalized spacial score (nSPS) is 17.4. The monoisotopic (exact) mass is 219 g/mol. The van der Waals surface area contributed by atoms with E-state index in [1.807, 2.05) is 6.92 Å². The summed E-state index contributed by atoms with van der Waals surface area (Å²) < 4.78 is 0. The van der Waals surface area contributed by atoms with E-state index in [2.05, 4.69) is 5.32 Å². The molecule has 0 aliphatic rings. The quantitative estimate of drug-likeness (QED) is 0.339. The molecule has 0 spiro atoms. The summed E-state index contributed by atoms with van der Waals surface area (Å²) in [5.74, 6) is 0. The molecule has 2 atom stereocenters. The van der Waals surface area contributed by atoms with E-state index >= 15 is 0 Å². The van der Waals surface area contributed by atoms with Crippen molar-refractivity contribution in [2.24, 2.45) is 0 Å². The highest BCUT2D eigenvalue weighted by atomic mass is 16.3. The van der Waals surface area contributed by atoms with Gasteiger partial charge in [0.1, 0.15) is 6.23 Å². The van der Waals surface area contributed by atoms with Crippen LogP contribution in [-0.2, 0) is 0 Å². The SMILES string of the molecule is CCC(O)(CCCCCO)CC(O)NC. The highest BCUT2D eigenvalue weighted by molar-refractivity contribution is 4.79. The van der Waals surface area contributed by atoms with Crippen molar-refractivity contribution in [1.29, 1.82) is 0 Å². The molecule has 0 saturated carbocycles. The van der Waals surface area contributed by atoms with Crippen LogP contribution >= 0.6 is 0 Å². The molecule has 0 fully saturated rings. The van der Waals surface area contributed by atoms with Gasteiger partial charge in [-0.25, -0.2) is 0 Å². The Balaban J connectivity index is 3.85. The average Bonchev–Trinajstić information content (AvgIpc) is 2.24. The molecule has 0 aromatic heterocycles. The van der Waals surface area contributed by atoms with Gasteiger partial charge in [-0.05, 0) is 26.3 Å². The van der Waals surface area contributed by atoms with Crippen molar-refractivity contribution in [1.82, 2.24) is 5.32 Å². The van der Waals surface area contributed by atoms with Gasteiger partial charge in [-0.2, -0.15) is 0 Å². The zero-order valence-corrected chi connectivity index (χ0v) is 9.87. The van der Waals surface area contributed by atoms with Crippen molar-refractivity contribution in [3.05, 3.63) is 0 Å². The largest absolute Gasteiger partial charge is 0.396 e. The summed E-state index contributed by atoms with van der Waals surface area (Å²) in [6, 6.07) is 0. The molecule has 4 N–H and O–H groups in total. The maximum Gasteiger partial charge on any atom is 0.107 e. The first kappa shape index (κ1) is 14.8. The number of aliphatic hydroxyl groups is 3. The Bertz CT molecular complexity index is 155. The van der Waals surface area contributed by atoms with Crippen molar-refractivity contribution >= 4 is 0 Å². The third kappa shape index (κ3) is 6.84. The molecule has 92 valence electrons. The number of hydrogen-bond acceptors (Lipinski definition) is 4. The van der Waals surface area contributed by atoms with E-state index in [1.54, 1.807) is 7.05 Å². The first-order chi connectivity index (χ1) is 7.08. The predicted molar refractivity (Wildman–Crippen MR) is 60.5 cm³/mol. The summed E-state index contributed by atoms with van der Waals surface area (Å²) in [4.78, 5) is 0. The molecule has 15 heavy (non-hydrogen) atoms. The van der Waals surface area contributed by atoms with Crippen LogP contribution in [0.5, 0.6) is 0 Å². The van der Waals surface area contributed by atoms with Gasteiger partial charge in [0.05, 0.1) is 5.60 Å². The number of unbranched alkanes of at least 4 members (excludes halogenated alkanes) is 2. The van der Waals surface area contributed by atoms with Crippen molar-refractivity contribution in [3.8, 4) is 0 Å². The second-order valence-corrected chi connectivity index (χ2v) is 4.12. The van der Waals surface area contributed by atoms with Gasteiger partial charge in [0.25, 0.3) is 0 Å². The van der Waals surface area contributed by atoms with E-state index in [-0.39, 0.29) is 6.61 Å². The van der Waals surface area contributed by atoms with E-state index < -0.39 is 11.8 Å². The molecule has 0 bridgehead atoms. The van der Waals surface area contributed by atoms with Gasteiger partial charge in [-0.1, -0.05) is 19.8 Å². The second-order valence-electron chi connectivity index (χ2n) is 4.12. The van der Waals surface area contributed by atoms with E-state index in [0.29, 0.717) is 19.3 Å². The smallest absolute Gasteiger partial charge is 0.107 e. The Labute approximate surface area is 92.3 Å². The molecule has 0 radical (unpaired) electrons. The van der Waals surface area contributed by atoms with Crippen molar-refractivity contribution in [3.63, 3.8) is 0 Å². The molecule has 0 saturated heterocycles. The summed E-state index contributed by atoms with van der Waals surface area (Å²) in [6.45, 7) is 2.14. The molecule has 0 aromatic rings. The molecule has 0 rings (SSSR count). The summed E-state index contributed by atoms with van der Waals surface area (Å²) in [5, 5.41) is 30.9. The lowest BCUT2D eigenvalue weighted by atomic mass is 9.89. The highest BCUT2D eigenvalue weighted by Crippen LogP contribution is 2.23. The maximum absolute atomic E-state index is 10.2. The van der Waals surface area contributed by atoms with Crippen LogP contribution < -0.4 is 5.32 Å². The van der Waals surface area contributed by atoms with Crippen LogP contribution in [0.15, 0.2) is 0 Å². The second kappa shape index (κ2) is 8.05. The Morgan fingerprint density at radius 2 is 1.93 bits per heavy atom. The van der Waals surface area contributed by atoms with Crippen molar-refractivity contribution in [2.45, 2.75) is 57.3 Å². The van der Waals surface area contributed by atoms with Gasteiger partial charge in [-0.3, -0.25) is 5.32 Å². The van der Waals surface area contributed by atoms with Crippen molar-refractivity contribution in [2.75, 3.05) is 13.7 Å². The zero-order valence-electron chi connectivity index (χ0n) is 9.87. The molecule has 0 amide bonds. The molecular formula is C11H25NO3. The fourth-order valence-corrected chi connectivity index (χ4v) is 1.63. The van der Waals surface area contributed by atoms with Gasteiger partial charge < -0.3 is 15.3 Å². The fourth-order valence-electron chi connectivity index (χ4n) is 1.63. The zero-order chi connectivity index (χ0) is 11.7. The van der Waals surface area contributed by atoms with Crippen molar-refractivity contribution < 1.29 is 15.3 Å². The maximum atomic E-state index is 10.2. The van der Waals surface area contributed by atoms with E-state index in [1.165, 1.54) is 0 Å². The topological polar surface area (TPSA) is 72.7 Å². The van der Waals surface area contributed by atoms with Crippen LogP contribution in [0.2, 0.25) is 0 Å². The molecule has 4 heteroatoms. The summed E-state index contributed by atoms with van der Waals surface area (Å²) >= 11 is 0. The minimum absolute atomic E-state index is 0.212. The molecule has 4 nitrogen and oxygen atoms in total. The van der Waals surface area contributed by atoms with Crippen LogP contribution in [0.1, 0.15) is 45.4 Å². The average molecular weight is 219 g/mol. The first-order valence-electron chi connectivity index (χ1n) is 5.76. The summed E-state index contributed by atoms with van der Waals surface area (Å²) in [6.07, 6.45) is 3.64. The Morgan fingerprint density at radius 3 is 2.40 bits per heavy atom. The molecule has 0 aliphatic carbocycles. The molecule has 0 heterocycles. The first-order valence-corrected chi connectivity index (χ1v) is 5.76. The van der Waals surface area contributed by atoms with E-state index in [0.717, 1.165) is 19.3 Å². The third-order valence-corrected chi connectivity index (χ3v) is 2.86. The number of nitrogens with one attached hydrogen (secondary N) is 1. The van der Waals surface area contributed by atoms with Gasteiger partial charge >= 0.3 is 0 Å². The van der Waals surface area contributed by atoms with Crippen LogP contribution in [0, 0.1) is 0 Å². The third-order valence-electron chi connectivity index (χ3n) is 2.86. The Hall–Kier alpha value is -0.160. The van der Waals surface area contributed by atoms with Crippen LogP contribution in [0.3, 0.4) is 0 Å². The predicted octanol–water partition coefficient (Wildman–Crippen LogP) is 0.608. The minimum atomic E-state index is -0.780. The minimum Gasteiger partial charge on any atom is -0.396 e. The van der Waals surface area contributed by atoms with Crippen LogP contribution in [0.25, 0.3) is 0 Å². The molecule has 2 unspecified atom stereocenters. The summed E-state index contributed by atoms with van der Waals surface area (Å²) in [5.41, 5.74) is -0.780.